The minimum atomic E-state index is -0.572. The van der Waals surface area contributed by atoms with Crippen molar-refractivity contribution in [3.05, 3.63) is 40.9 Å². The van der Waals surface area contributed by atoms with E-state index in [2.05, 4.69) is 33.0 Å². The van der Waals surface area contributed by atoms with Crippen molar-refractivity contribution in [1.82, 2.24) is 15.5 Å². The quantitative estimate of drug-likeness (QED) is 0.651. The maximum absolute atomic E-state index is 13.5. The first-order valence-corrected chi connectivity index (χ1v) is 12.7. The second-order valence-electron chi connectivity index (χ2n) is 10.5. The van der Waals surface area contributed by atoms with E-state index in [-0.39, 0.29) is 23.1 Å². The lowest BCUT2D eigenvalue weighted by atomic mass is 9.49. The third-order valence-electron chi connectivity index (χ3n) is 7.65. The van der Waals surface area contributed by atoms with E-state index < -0.39 is 6.04 Å². The molecule has 4 fully saturated rings. The SMILES string of the molecule is CC(C)[C@H](NC(=O)C12CC3CC(CC(C3)C1)C2)C(=O)Nc1nnc(Cc2ccccc2)s1. The van der Waals surface area contributed by atoms with Gasteiger partial charge in [-0.15, -0.1) is 10.2 Å². The first-order chi connectivity index (χ1) is 15.4. The van der Waals surface area contributed by atoms with Crippen molar-refractivity contribution in [3.63, 3.8) is 0 Å². The Kier molecular flexibility index (Phi) is 5.78. The Balaban J connectivity index is 1.23. The Morgan fingerprint density at radius 1 is 1.03 bits per heavy atom. The largest absolute Gasteiger partial charge is 0.344 e. The summed E-state index contributed by atoms with van der Waals surface area (Å²) in [4.78, 5) is 26.6. The fourth-order valence-electron chi connectivity index (χ4n) is 6.55. The number of rotatable bonds is 7. The highest BCUT2D eigenvalue weighted by Crippen LogP contribution is 2.60. The maximum atomic E-state index is 13.5. The molecule has 0 unspecified atom stereocenters. The standard InChI is InChI=1S/C25H32N4O2S/c1-15(2)21(26-23(31)25-12-17-8-18(13-25)10-19(9-17)14-25)22(30)27-24-29-28-20(32-24)11-16-6-4-3-5-7-16/h3-7,15,17-19,21H,8-14H2,1-2H3,(H,26,31)(H,27,29,30)/t17?,18?,19?,21-,25?/m0/s1. The monoisotopic (exact) mass is 452 g/mol. The number of carbonyl (C=O) groups excluding carboxylic acids is 2. The molecule has 2 aromatic rings. The summed E-state index contributed by atoms with van der Waals surface area (Å²) in [7, 11) is 0. The van der Waals surface area contributed by atoms with Gasteiger partial charge in [0, 0.05) is 11.8 Å². The number of nitrogens with one attached hydrogen (secondary N) is 2. The second-order valence-corrected chi connectivity index (χ2v) is 11.6. The fraction of sp³-hybridized carbons (Fsp3) is 0.600. The lowest BCUT2D eigenvalue weighted by Gasteiger charge is -2.55. The number of hydrogen-bond acceptors (Lipinski definition) is 5. The molecule has 1 heterocycles. The lowest BCUT2D eigenvalue weighted by molar-refractivity contribution is -0.148. The van der Waals surface area contributed by atoms with Crippen LogP contribution in [0.3, 0.4) is 0 Å². The van der Waals surface area contributed by atoms with Gasteiger partial charge >= 0.3 is 0 Å². The molecule has 4 aliphatic rings. The third kappa shape index (κ3) is 4.32. The zero-order chi connectivity index (χ0) is 22.3. The number of amides is 2. The van der Waals surface area contributed by atoms with Crippen LogP contribution in [0.1, 0.15) is 62.9 Å². The Labute approximate surface area is 193 Å². The van der Waals surface area contributed by atoms with Crippen LogP contribution < -0.4 is 10.6 Å². The number of benzene rings is 1. The van der Waals surface area contributed by atoms with Gasteiger partial charge in [-0.25, -0.2) is 0 Å². The van der Waals surface area contributed by atoms with Gasteiger partial charge in [-0.2, -0.15) is 0 Å². The third-order valence-corrected chi connectivity index (χ3v) is 8.49. The second kappa shape index (κ2) is 8.58. The predicted molar refractivity (Wildman–Crippen MR) is 125 cm³/mol. The molecule has 2 N–H and O–H groups in total. The summed E-state index contributed by atoms with van der Waals surface area (Å²) < 4.78 is 0. The van der Waals surface area contributed by atoms with Crippen molar-refractivity contribution in [2.24, 2.45) is 29.1 Å². The summed E-state index contributed by atoms with van der Waals surface area (Å²) in [6.07, 6.45) is 7.56. The molecule has 1 aromatic carbocycles. The van der Waals surface area contributed by atoms with Gasteiger partial charge < -0.3 is 5.32 Å². The van der Waals surface area contributed by atoms with E-state index in [4.69, 9.17) is 0 Å². The highest BCUT2D eigenvalue weighted by atomic mass is 32.1. The number of nitrogens with zero attached hydrogens (tertiary/aromatic N) is 2. The Bertz CT molecular complexity index is 952. The van der Waals surface area contributed by atoms with Crippen LogP contribution in [0.4, 0.5) is 5.13 Å². The highest BCUT2D eigenvalue weighted by Gasteiger charge is 2.55. The van der Waals surface area contributed by atoms with Crippen LogP contribution in [0.2, 0.25) is 0 Å². The fourth-order valence-corrected chi connectivity index (χ4v) is 7.32. The summed E-state index contributed by atoms with van der Waals surface area (Å²) in [6, 6.07) is 9.51. The number of hydrogen-bond donors (Lipinski definition) is 2. The van der Waals surface area contributed by atoms with Crippen LogP contribution in [-0.2, 0) is 16.0 Å². The Morgan fingerprint density at radius 2 is 1.66 bits per heavy atom. The molecule has 1 atom stereocenters. The predicted octanol–water partition coefficient (Wildman–Crippen LogP) is 4.42. The zero-order valence-electron chi connectivity index (χ0n) is 18.8. The molecule has 6 nitrogen and oxygen atoms in total. The topological polar surface area (TPSA) is 84.0 Å². The average Bonchev–Trinajstić information content (AvgIpc) is 3.17. The van der Waals surface area contributed by atoms with Gasteiger partial charge in [0.15, 0.2) is 0 Å². The van der Waals surface area contributed by atoms with E-state index in [1.807, 2.05) is 32.0 Å². The molecular weight excluding hydrogens is 420 g/mol. The van der Waals surface area contributed by atoms with Gasteiger partial charge in [-0.1, -0.05) is 55.5 Å². The molecule has 0 radical (unpaired) electrons. The van der Waals surface area contributed by atoms with Crippen molar-refractivity contribution >= 4 is 28.3 Å². The molecule has 170 valence electrons. The van der Waals surface area contributed by atoms with Gasteiger partial charge in [-0.3, -0.25) is 14.9 Å². The molecule has 0 aliphatic heterocycles. The summed E-state index contributed by atoms with van der Waals surface area (Å²) in [5.41, 5.74) is 0.901. The lowest BCUT2D eigenvalue weighted by Crippen LogP contribution is -2.57. The molecule has 4 aliphatic carbocycles. The molecule has 1 aromatic heterocycles. The van der Waals surface area contributed by atoms with Gasteiger partial charge in [-0.05, 0) is 67.8 Å². The minimum Gasteiger partial charge on any atom is -0.344 e. The van der Waals surface area contributed by atoms with E-state index in [0.29, 0.717) is 29.3 Å². The molecule has 4 bridgehead atoms. The van der Waals surface area contributed by atoms with Crippen molar-refractivity contribution < 1.29 is 9.59 Å². The zero-order valence-corrected chi connectivity index (χ0v) is 19.7. The molecule has 2 amide bonds. The van der Waals surface area contributed by atoms with E-state index in [1.54, 1.807) is 0 Å². The van der Waals surface area contributed by atoms with Gasteiger partial charge in [0.1, 0.15) is 11.0 Å². The molecule has 0 saturated heterocycles. The molecule has 32 heavy (non-hydrogen) atoms. The van der Waals surface area contributed by atoms with Crippen molar-refractivity contribution in [3.8, 4) is 0 Å². The van der Waals surface area contributed by atoms with E-state index in [0.717, 1.165) is 29.8 Å². The summed E-state index contributed by atoms with van der Waals surface area (Å²) in [5, 5.41) is 15.8. The van der Waals surface area contributed by atoms with Crippen molar-refractivity contribution in [2.45, 2.75) is 64.8 Å². The van der Waals surface area contributed by atoms with E-state index in [1.165, 1.54) is 30.6 Å². The van der Waals surface area contributed by atoms with Gasteiger partial charge in [0.05, 0.1) is 0 Å². The molecular formula is C25H32N4O2S. The van der Waals surface area contributed by atoms with Crippen molar-refractivity contribution in [1.29, 1.82) is 0 Å². The number of carbonyl (C=O) groups is 2. The number of anilines is 1. The van der Waals surface area contributed by atoms with E-state index >= 15 is 0 Å². The van der Waals surface area contributed by atoms with Crippen LogP contribution >= 0.6 is 11.3 Å². The summed E-state index contributed by atoms with van der Waals surface area (Å²) in [5.74, 6) is 1.96. The van der Waals surface area contributed by atoms with E-state index in [9.17, 15) is 9.59 Å². The molecule has 6 rings (SSSR count). The molecule has 4 saturated carbocycles. The normalized spacial score (nSPS) is 29.2. The van der Waals surface area contributed by atoms with Gasteiger partial charge in [0.2, 0.25) is 16.9 Å². The summed E-state index contributed by atoms with van der Waals surface area (Å²) >= 11 is 1.38. The van der Waals surface area contributed by atoms with Crippen LogP contribution in [0.15, 0.2) is 30.3 Å². The van der Waals surface area contributed by atoms with Gasteiger partial charge in [0.25, 0.3) is 0 Å². The Morgan fingerprint density at radius 3 is 2.25 bits per heavy atom. The van der Waals surface area contributed by atoms with Crippen LogP contribution in [-0.4, -0.2) is 28.1 Å². The highest BCUT2D eigenvalue weighted by molar-refractivity contribution is 7.15. The first kappa shape index (κ1) is 21.6. The number of aromatic nitrogens is 2. The smallest absolute Gasteiger partial charge is 0.249 e. The average molecular weight is 453 g/mol. The summed E-state index contributed by atoms with van der Waals surface area (Å²) in [6.45, 7) is 3.95. The van der Waals surface area contributed by atoms with Crippen LogP contribution in [0, 0.1) is 29.1 Å². The Hall–Kier alpha value is -2.28. The maximum Gasteiger partial charge on any atom is 0.249 e. The van der Waals surface area contributed by atoms with Crippen molar-refractivity contribution in [2.75, 3.05) is 5.32 Å². The minimum absolute atomic E-state index is 0.00965. The molecule has 7 heteroatoms. The molecule has 0 spiro atoms. The van der Waals surface area contributed by atoms with Crippen LogP contribution in [0.5, 0.6) is 0 Å². The first-order valence-electron chi connectivity index (χ1n) is 11.9. The van der Waals surface area contributed by atoms with Crippen LogP contribution in [0.25, 0.3) is 0 Å².